The van der Waals surface area contributed by atoms with Gasteiger partial charge in [0, 0.05) is 30.3 Å². The summed E-state index contributed by atoms with van der Waals surface area (Å²) in [5.74, 6) is 1.69. The zero-order chi connectivity index (χ0) is 34.7. The van der Waals surface area contributed by atoms with Crippen molar-refractivity contribution in [1.29, 1.82) is 0 Å². The first-order chi connectivity index (χ1) is 24.2. The largest absolute Gasteiger partial charge is 0.335 e. The highest BCUT2D eigenvalue weighted by Gasteiger charge is 2.39. The van der Waals surface area contributed by atoms with Crippen molar-refractivity contribution in [2.24, 2.45) is 0 Å². The monoisotopic (exact) mass is 669 g/mol. The number of rotatable bonds is 31. The van der Waals surface area contributed by atoms with Gasteiger partial charge in [0.2, 0.25) is 0 Å². The molecule has 0 N–H and O–H groups in total. The summed E-state index contributed by atoms with van der Waals surface area (Å²) in [6, 6.07) is 22.6. The molecule has 0 amide bonds. The van der Waals surface area contributed by atoms with Gasteiger partial charge in [0.05, 0.1) is 0 Å². The molecule has 2 heteroatoms. The van der Waals surface area contributed by atoms with E-state index < -0.39 is 0 Å². The van der Waals surface area contributed by atoms with E-state index in [4.69, 9.17) is 4.98 Å². The van der Waals surface area contributed by atoms with Crippen LogP contribution in [0.4, 0.5) is 0 Å². The molecule has 3 aromatic rings. The van der Waals surface area contributed by atoms with E-state index >= 15 is 0 Å². The van der Waals surface area contributed by atoms with E-state index in [0.717, 1.165) is 13.0 Å². The highest BCUT2D eigenvalue weighted by molar-refractivity contribution is 5.33. The average molecular weight is 669 g/mol. The summed E-state index contributed by atoms with van der Waals surface area (Å²) < 4.78 is 2.53. The zero-order valence-corrected chi connectivity index (χ0v) is 32.5. The number of nitrogens with zero attached hydrogens (tertiary/aromatic N) is 2. The van der Waals surface area contributed by atoms with Crippen LogP contribution < -0.4 is 0 Å². The lowest BCUT2D eigenvalue weighted by Crippen LogP contribution is -2.35. The van der Waals surface area contributed by atoms with Gasteiger partial charge in [-0.3, -0.25) is 0 Å². The number of imidazole rings is 1. The molecule has 0 bridgehead atoms. The van der Waals surface area contributed by atoms with Crippen molar-refractivity contribution in [2.75, 3.05) is 0 Å². The smallest absolute Gasteiger partial charge is 0.112 e. The van der Waals surface area contributed by atoms with Crippen molar-refractivity contribution in [3.8, 4) is 0 Å². The Bertz CT molecular complexity index is 1150. The predicted molar refractivity (Wildman–Crippen MR) is 216 cm³/mol. The van der Waals surface area contributed by atoms with E-state index in [1.54, 1.807) is 0 Å². The summed E-state index contributed by atoms with van der Waals surface area (Å²) in [4.78, 5) is 5.16. The Kier molecular flexibility index (Phi) is 22.2. The number of unbranched alkanes of at least 4 members (excludes halogenated alkanes) is 22. The fourth-order valence-electron chi connectivity index (χ4n) is 8.13. The molecule has 274 valence electrons. The van der Waals surface area contributed by atoms with Crippen molar-refractivity contribution in [3.05, 3.63) is 90.0 Å². The molecule has 2 nitrogen and oxygen atoms in total. The van der Waals surface area contributed by atoms with Gasteiger partial charge < -0.3 is 4.57 Å². The summed E-state index contributed by atoms with van der Waals surface area (Å²) >= 11 is 0. The lowest BCUT2D eigenvalue weighted by Gasteiger charge is -2.39. The molecule has 0 saturated heterocycles. The minimum atomic E-state index is -0.0278. The molecule has 0 aliphatic carbocycles. The van der Waals surface area contributed by atoms with Gasteiger partial charge in [-0.15, -0.1) is 0 Å². The maximum absolute atomic E-state index is 5.16. The molecule has 0 saturated carbocycles. The Hall–Kier alpha value is -2.35. The van der Waals surface area contributed by atoms with Gasteiger partial charge in [0.25, 0.3) is 0 Å². The van der Waals surface area contributed by atoms with Gasteiger partial charge in [0.15, 0.2) is 0 Å². The molecule has 1 aromatic heterocycles. The van der Waals surface area contributed by atoms with E-state index in [-0.39, 0.29) is 5.41 Å². The SMILES string of the molecule is CCCCCCCCCCCCCCCC(c1nccn1CCCCCCCCCCCCC)C(C)(Cc1ccccc1)c1ccccc1. The Morgan fingerprint density at radius 1 is 0.531 bits per heavy atom. The van der Waals surface area contributed by atoms with Crippen LogP contribution in [0.3, 0.4) is 0 Å². The first kappa shape index (κ1) is 41.1. The molecule has 0 spiro atoms. The van der Waals surface area contributed by atoms with Crippen LogP contribution in [-0.4, -0.2) is 9.55 Å². The molecule has 0 aliphatic rings. The molecule has 2 aromatic carbocycles. The standard InChI is InChI=1S/C47H76N2/c1-4-6-8-10-12-14-16-17-18-20-22-24-32-38-45(47(3,44-36-30-27-31-37-44)42-43-34-28-26-29-35-43)46-48-39-41-49(46)40-33-25-23-21-19-15-13-11-9-7-5-2/h26-31,34-37,39,41,45H,4-25,32-33,38,40,42H2,1-3H3. The van der Waals surface area contributed by atoms with Crippen molar-refractivity contribution in [3.63, 3.8) is 0 Å². The third-order valence-corrected chi connectivity index (χ3v) is 11.3. The van der Waals surface area contributed by atoms with Gasteiger partial charge >= 0.3 is 0 Å². The molecular formula is C47H76N2. The Labute approximate surface area is 304 Å². The van der Waals surface area contributed by atoms with Crippen LogP contribution >= 0.6 is 0 Å². The van der Waals surface area contributed by atoms with E-state index in [9.17, 15) is 0 Å². The molecule has 2 atom stereocenters. The lowest BCUT2D eigenvalue weighted by molar-refractivity contribution is 0.321. The fraction of sp³-hybridized carbons (Fsp3) is 0.681. The Morgan fingerprint density at radius 3 is 1.45 bits per heavy atom. The summed E-state index contributed by atoms with van der Waals surface area (Å²) in [7, 11) is 0. The van der Waals surface area contributed by atoms with Gasteiger partial charge in [-0.05, 0) is 30.4 Å². The molecule has 1 heterocycles. The lowest BCUT2D eigenvalue weighted by atomic mass is 9.66. The maximum atomic E-state index is 5.16. The average Bonchev–Trinajstić information content (AvgIpc) is 3.59. The van der Waals surface area contributed by atoms with E-state index in [1.807, 2.05) is 0 Å². The molecular weight excluding hydrogens is 593 g/mol. The van der Waals surface area contributed by atoms with Crippen molar-refractivity contribution in [1.82, 2.24) is 9.55 Å². The predicted octanol–water partition coefficient (Wildman–Crippen LogP) is 15.0. The molecule has 2 unspecified atom stereocenters. The quantitative estimate of drug-likeness (QED) is 0.0624. The molecule has 49 heavy (non-hydrogen) atoms. The van der Waals surface area contributed by atoms with Crippen LogP contribution in [0.1, 0.15) is 204 Å². The summed E-state index contributed by atoms with van der Waals surface area (Å²) in [5, 5.41) is 0. The number of benzene rings is 2. The minimum absolute atomic E-state index is 0.0278. The summed E-state index contributed by atoms with van der Waals surface area (Å²) in [6.45, 7) is 8.24. The van der Waals surface area contributed by atoms with Gasteiger partial charge in [-0.25, -0.2) is 4.98 Å². The van der Waals surface area contributed by atoms with E-state index in [2.05, 4.69) is 98.4 Å². The number of hydrogen-bond acceptors (Lipinski definition) is 1. The minimum Gasteiger partial charge on any atom is -0.335 e. The molecule has 0 aliphatic heterocycles. The van der Waals surface area contributed by atoms with Crippen LogP contribution in [-0.2, 0) is 18.4 Å². The highest BCUT2D eigenvalue weighted by Crippen LogP contribution is 2.44. The summed E-state index contributed by atoms with van der Waals surface area (Å²) in [5.41, 5.74) is 2.84. The van der Waals surface area contributed by atoms with Crippen LogP contribution in [0.15, 0.2) is 73.1 Å². The molecule has 3 rings (SSSR count). The summed E-state index contributed by atoms with van der Waals surface area (Å²) in [6.07, 6.45) is 40.0. The maximum Gasteiger partial charge on any atom is 0.112 e. The van der Waals surface area contributed by atoms with Crippen LogP contribution in [0, 0.1) is 0 Å². The van der Waals surface area contributed by atoms with Crippen LogP contribution in [0.2, 0.25) is 0 Å². The normalized spacial score (nSPS) is 13.4. The van der Waals surface area contributed by atoms with Gasteiger partial charge in [-0.2, -0.15) is 0 Å². The van der Waals surface area contributed by atoms with Crippen LogP contribution in [0.5, 0.6) is 0 Å². The second kappa shape index (κ2) is 26.5. The topological polar surface area (TPSA) is 17.8 Å². The zero-order valence-electron chi connectivity index (χ0n) is 32.5. The Balaban J connectivity index is 1.58. The fourth-order valence-corrected chi connectivity index (χ4v) is 8.13. The molecule has 0 fully saturated rings. The Morgan fingerprint density at radius 2 is 0.959 bits per heavy atom. The van der Waals surface area contributed by atoms with Gasteiger partial charge in [-0.1, -0.05) is 229 Å². The van der Waals surface area contributed by atoms with Crippen molar-refractivity contribution >= 4 is 0 Å². The second-order valence-electron chi connectivity index (χ2n) is 15.5. The van der Waals surface area contributed by atoms with Gasteiger partial charge in [0.1, 0.15) is 5.82 Å². The number of hydrogen-bond donors (Lipinski definition) is 0. The van der Waals surface area contributed by atoms with E-state index in [1.165, 1.54) is 177 Å². The van der Waals surface area contributed by atoms with Crippen LogP contribution in [0.25, 0.3) is 0 Å². The third kappa shape index (κ3) is 16.5. The molecule has 0 radical (unpaired) electrons. The number of aryl methyl sites for hydroxylation is 1. The highest BCUT2D eigenvalue weighted by atomic mass is 15.1. The first-order valence-electron chi connectivity index (χ1n) is 21.3. The van der Waals surface area contributed by atoms with Crippen molar-refractivity contribution < 1.29 is 0 Å². The number of aromatic nitrogens is 2. The first-order valence-corrected chi connectivity index (χ1v) is 21.3. The third-order valence-electron chi connectivity index (χ3n) is 11.3. The second-order valence-corrected chi connectivity index (χ2v) is 15.5. The van der Waals surface area contributed by atoms with E-state index in [0.29, 0.717) is 5.92 Å². The van der Waals surface area contributed by atoms with Crippen molar-refractivity contribution in [2.45, 2.75) is 206 Å².